The first kappa shape index (κ1) is 21.3. The van der Waals surface area contributed by atoms with Crippen LogP contribution in [0.2, 0.25) is 0 Å². The Bertz CT molecular complexity index is 1290. The maximum atomic E-state index is 12.3. The van der Waals surface area contributed by atoms with Gasteiger partial charge in [-0.05, 0) is 47.2 Å². The lowest BCUT2D eigenvalue weighted by Crippen LogP contribution is -2.39. The number of para-hydroxylation sites is 2. The van der Waals surface area contributed by atoms with Crippen LogP contribution in [-0.2, 0) is 10.7 Å². The summed E-state index contributed by atoms with van der Waals surface area (Å²) in [5.74, 6) is -1.04. The second-order valence-electron chi connectivity index (χ2n) is 7.67. The Balaban J connectivity index is 0.000000200. The molecule has 4 nitrogen and oxygen atoms in total. The van der Waals surface area contributed by atoms with Crippen LogP contribution in [0.4, 0.5) is 0 Å². The lowest BCUT2D eigenvalue weighted by molar-refractivity contribution is -0.272. The van der Waals surface area contributed by atoms with Crippen molar-refractivity contribution in [3.8, 4) is 11.5 Å². The fourth-order valence-corrected chi connectivity index (χ4v) is 3.75. The average molecular weight is 447 g/mol. The molecule has 0 saturated heterocycles. The number of hydrogen-bond acceptors (Lipinski definition) is 4. The van der Waals surface area contributed by atoms with Crippen molar-refractivity contribution in [1.29, 1.82) is 0 Å². The molecule has 0 bridgehead atoms. The first-order valence-electron chi connectivity index (χ1n) is 11.0. The molecule has 0 unspecified atom stereocenters. The molecule has 5 aromatic carbocycles. The van der Waals surface area contributed by atoms with Gasteiger partial charge in [0.15, 0.2) is 0 Å². The number of cyclic esters (lactones) is 1. The summed E-state index contributed by atoms with van der Waals surface area (Å²) in [4.78, 5) is 12.3. The van der Waals surface area contributed by atoms with Crippen LogP contribution in [0.3, 0.4) is 0 Å². The minimum atomic E-state index is -1.64. The van der Waals surface area contributed by atoms with Gasteiger partial charge in [-0.1, -0.05) is 97.1 Å². The Morgan fingerprint density at radius 3 is 1.41 bits per heavy atom. The van der Waals surface area contributed by atoms with Gasteiger partial charge in [0.25, 0.3) is 0 Å². The van der Waals surface area contributed by atoms with Crippen LogP contribution < -0.4 is 9.47 Å². The second-order valence-corrected chi connectivity index (χ2v) is 7.67. The molecule has 1 aliphatic rings. The molecule has 0 aliphatic carbocycles. The van der Waals surface area contributed by atoms with E-state index in [4.69, 9.17) is 14.2 Å². The van der Waals surface area contributed by atoms with Gasteiger partial charge in [-0.3, -0.25) is 0 Å². The average Bonchev–Trinajstić information content (AvgIpc) is 3.17. The fourth-order valence-electron chi connectivity index (χ4n) is 3.75. The fraction of sp³-hybridized carbons (Fsp3) is 0.0333. The molecule has 166 valence electrons. The highest BCUT2D eigenvalue weighted by molar-refractivity contribution is 5.94. The highest BCUT2D eigenvalue weighted by Gasteiger charge is 2.51. The third-order valence-electron chi connectivity index (χ3n) is 5.35. The lowest BCUT2D eigenvalue weighted by atomic mass is 10.1. The molecule has 0 amide bonds. The van der Waals surface area contributed by atoms with E-state index in [1.54, 1.807) is 42.5 Å². The summed E-state index contributed by atoms with van der Waals surface area (Å²) < 4.78 is 17.5. The topological polar surface area (TPSA) is 44.8 Å². The molecule has 34 heavy (non-hydrogen) atoms. The Kier molecular flexibility index (Phi) is 5.95. The van der Waals surface area contributed by atoms with Crippen molar-refractivity contribution in [3.05, 3.63) is 145 Å². The largest absolute Gasteiger partial charge is 0.450 e. The van der Waals surface area contributed by atoms with Crippen molar-refractivity contribution in [3.63, 3.8) is 0 Å². The van der Waals surface area contributed by atoms with Crippen LogP contribution in [0.25, 0.3) is 10.8 Å². The third-order valence-corrected chi connectivity index (χ3v) is 5.35. The van der Waals surface area contributed by atoms with E-state index >= 15 is 0 Å². The molecule has 1 aliphatic heterocycles. The molecular formula is C30H22O4. The van der Waals surface area contributed by atoms with Crippen molar-refractivity contribution in [2.75, 3.05) is 0 Å². The first-order chi connectivity index (χ1) is 16.7. The van der Waals surface area contributed by atoms with Crippen LogP contribution >= 0.6 is 0 Å². The van der Waals surface area contributed by atoms with Gasteiger partial charge in [-0.15, -0.1) is 0 Å². The van der Waals surface area contributed by atoms with Crippen molar-refractivity contribution in [2.24, 2.45) is 0 Å². The number of ether oxygens (including phenoxy) is 3. The molecule has 0 spiro atoms. The van der Waals surface area contributed by atoms with Gasteiger partial charge in [0.2, 0.25) is 0 Å². The third kappa shape index (κ3) is 4.48. The molecule has 0 atom stereocenters. The van der Waals surface area contributed by atoms with Gasteiger partial charge >= 0.3 is 11.9 Å². The van der Waals surface area contributed by atoms with Crippen molar-refractivity contribution < 1.29 is 19.0 Å². The van der Waals surface area contributed by atoms with E-state index in [1.807, 2.05) is 42.5 Å². The molecule has 4 heteroatoms. The number of benzene rings is 5. The number of esters is 1. The lowest BCUT2D eigenvalue weighted by Gasteiger charge is -2.29. The zero-order chi connectivity index (χ0) is 23.2. The highest BCUT2D eigenvalue weighted by Crippen LogP contribution is 2.40. The minimum absolute atomic E-state index is 0.435. The summed E-state index contributed by atoms with van der Waals surface area (Å²) in [6.45, 7) is 0. The summed E-state index contributed by atoms with van der Waals surface area (Å²) in [5, 5.41) is 2.62. The summed E-state index contributed by atoms with van der Waals surface area (Å²) in [5.41, 5.74) is 0.979. The van der Waals surface area contributed by atoms with Crippen LogP contribution in [0.1, 0.15) is 15.9 Å². The summed E-state index contributed by atoms with van der Waals surface area (Å²) in [6.07, 6.45) is 0. The van der Waals surface area contributed by atoms with Crippen LogP contribution in [-0.4, -0.2) is 5.97 Å². The van der Waals surface area contributed by atoms with Crippen LogP contribution in [0.5, 0.6) is 11.5 Å². The smallest absolute Gasteiger partial charge is 0.417 e. The monoisotopic (exact) mass is 446 g/mol. The molecule has 0 fully saturated rings. The van der Waals surface area contributed by atoms with Gasteiger partial charge in [0.05, 0.1) is 11.1 Å². The SMILES string of the molecule is O=C1OC(Oc2ccccc2)(Oc2ccccc2)c2ccccc21.c1ccc2ccccc2c1. The molecule has 1 heterocycles. The Hall–Kier alpha value is -4.57. The zero-order valence-corrected chi connectivity index (χ0v) is 18.3. The maximum absolute atomic E-state index is 12.3. The Labute approximate surface area is 198 Å². The molecule has 5 aromatic rings. The Morgan fingerprint density at radius 2 is 0.912 bits per heavy atom. The quantitative estimate of drug-likeness (QED) is 0.221. The van der Waals surface area contributed by atoms with E-state index in [0.29, 0.717) is 22.6 Å². The number of carbonyl (C=O) groups is 1. The summed E-state index contributed by atoms with van der Waals surface area (Å²) in [6, 6.07) is 42.0. The minimum Gasteiger partial charge on any atom is -0.417 e. The van der Waals surface area contributed by atoms with Crippen molar-refractivity contribution in [2.45, 2.75) is 5.97 Å². The highest BCUT2D eigenvalue weighted by atomic mass is 16.9. The normalized spacial score (nSPS) is 13.2. The number of rotatable bonds is 4. The zero-order valence-electron chi connectivity index (χ0n) is 18.3. The summed E-state index contributed by atoms with van der Waals surface area (Å²) >= 11 is 0. The van der Waals surface area contributed by atoms with E-state index in [2.05, 4.69) is 48.5 Å². The van der Waals surface area contributed by atoms with E-state index in [0.717, 1.165) is 0 Å². The molecule has 0 saturated carbocycles. The van der Waals surface area contributed by atoms with Crippen LogP contribution in [0.15, 0.2) is 133 Å². The molecule has 0 N–H and O–H groups in total. The van der Waals surface area contributed by atoms with E-state index < -0.39 is 11.9 Å². The van der Waals surface area contributed by atoms with Crippen LogP contribution in [0, 0.1) is 0 Å². The maximum Gasteiger partial charge on any atom is 0.450 e. The van der Waals surface area contributed by atoms with Gasteiger partial charge in [0.1, 0.15) is 11.5 Å². The van der Waals surface area contributed by atoms with Gasteiger partial charge in [0, 0.05) is 0 Å². The number of fused-ring (bicyclic) bond motifs is 2. The Morgan fingerprint density at radius 1 is 0.500 bits per heavy atom. The number of carbonyl (C=O) groups excluding carboxylic acids is 1. The van der Waals surface area contributed by atoms with Crippen molar-refractivity contribution in [1.82, 2.24) is 0 Å². The summed E-state index contributed by atoms with van der Waals surface area (Å²) in [7, 11) is 0. The molecule has 0 radical (unpaired) electrons. The molecular weight excluding hydrogens is 424 g/mol. The number of hydrogen-bond donors (Lipinski definition) is 0. The van der Waals surface area contributed by atoms with Gasteiger partial charge < -0.3 is 14.2 Å². The predicted molar refractivity (Wildman–Crippen MR) is 132 cm³/mol. The van der Waals surface area contributed by atoms with Gasteiger partial charge in [-0.2, -0.15) is 0 Å². The van der Waals surface area contributed by atoms with E-state index in [1.165, 1.54) is 10.8 Å². The van der Waals surface area contributed by atoms with Gasteiger partial charge in [-0.25, -0.2) is 4.79 Å². The predicted octanol–water partition coefficient (Wildman–Crippen LogP) is 6.97. The standard InChI is InChI=1S/C20H14O4.C10H8/c21-19-17-13-7-8-14-18(17)20(24-19,22-15-9-3-1-4-10-15)23-16-11-5-2-6-12-16;1-2-6-10-8-4-3-7-9(10)5-1/h1-14H;1-8H. The van der Waals surface area contributed by atoms with E-state index in [-0.39, 0.29) is 0 Å². The van der Waals surface area contributed by atoms with E-state index in [9.17, 15) is 4.79 Å². The van der Waals surface area contributed by atoms with Crippen molar-refractivity contribution >= 4 is 16.7 Å². The second kappa shape index (κ2) is 9.51. The molecule has 0 aromatic heterocycles. The molecule has 6 rings (SSSR count). The first-order valence-corrected chi connectivity index (χ1v) is 11.0.